The number of nitrogens with two attached hydrogens (primary N) is 1. The third-order valence-electron chi connectivity index (χ3n) is 3.94. The fourth-order valence-corrected chi connectivity index (χ4v) is 3.68. The zero-order chi connectivity index (χ0) is 15.4. The Morgan fingerprint density at radius 1 is 1.33 bits per heavy atom. The molecule has 0 aliphatic rings. The van der Waals surface area contributed by atoms with Gasteiger partial charge in [-0.05, 0) is 25.3 Å². The minimum Gasteiger partial charge on any atom is -0.352 e. The first-order valence-corrected chi connectivity index (χ1v) is 8.91. The van der Waals surface area contributed by atoms with Gasteiger partial charge in [-0.2, -0.15) is 0 Å². The number of imidazole rings is 1. The molecule has 5 heteroatoms. The van der Waals surface area contributed by atoms with Crippen LogP contribution in [0.5, 0.6) is 0 Å². The molecule has 2 aromatic rings. The van der Waals surface area contributed by atoms with Crippen LogP contribution >= 0.6 is 11.3 Å². The lowest BCUT2D eigenvalue weighted by atomic mass is 10.1. The molecule has 2 rings (SSSR count). The van der Waals surface area contributed by atoms with Crippen molar-refractivity contribution in [2.24, 2.45) is 11.7 Å². The van der Waals surface area contributed by atoms with Crippen molar-refractivity contribution < 1.29 is 0 Å². The quantitative estimate of drug-likeness (QED) is 0.811. The van der Waals surface area contributed by atoms with Crippen molar-refractivity contribution >= 4 is 22.1 Å². The molecular formula is C16H28N4S. The Bertz CT molecular complexity index is 554. The molecule has 4 nitrogen and oxygen atoms in total. The van der Waals surface area contributed by atoms with Crippen LogP contribution in [0.1, 0.15) is 46.2 Å². The van der Waals surface area contributed by atoms with Crippen molar-refractivity contribution in [3.63, 3.8) is 0 Å². The number of anilines is 1. The van der Waals surface area contributed by atoms with Crippen LogP contribution < -0.4 is 10.6 Å². The van der Waals surface area contributed by atoms with Crippen LogP contribution in [0.4, 0.5) is 5.82 Å². The molecule has 0 bridgehead atoms. The van der Waals surface area contributed by atoms with Crippen molar-refractivity contribution in [3.05, 3.63) is 17.3 Å². The Hall–Kier alpha value is -1.07. The number of rotatable bonds is 8. The summed E-state index contributed by atoms with van der Waals surface area (Å²) in [6.45, 7) is 10.8. The van der Waals surface area contributed by atoms with E-state index in [1.165, 1.54) is 5.69 Å². The van der Waals surface area contributed by atoms with Crippen LogP contribution in [0, 0.1) is 5.92 Å². The second-order valence-electron chi connectivity index (χ2n) is 5.99. The largest absolute Gasteiger partial charge is 0.352 e. The highest BCUT2D eigenvalue weighted by molar-refractivity contribution is 7.15. The van der Waals surface area contributed by atoms with Crippen molar-refractivity contribution in [1.29, 1.82) is 0 Å². The Morgan fingerprint density at radius 2 is 2.05 bits per heavy atom. The van der Waals surface area contributed by atoms with Crippen LogP contribution in [0.3, 0.4) is 0 Å². The van der Waals surface area contributed by atoms with E-state index in [1.807, 2.05) is 0 Å². The summed E-state index contributed by atoms with van der Waals surface area (Å²) >= 11 is 1.70. The highest BCUT2D eigenvalue weighted by Gasteiger charge is 2.24. The molecule has 0 spiro atoms. The van der Waals surface area contributed by atoms with Gasteiger partial charge in [-0.1, -0.05) is 27.7 Å². The van der Waals surface area contributed by atoms with E-state index in [1.54, 1.807) is 11.3 Å². The van der Waals surface area contributed by atoms with Crippen molar-refractivity contribution in [2.45, 2.75) is 53.0 Å². The second kappa shape index (κ2) is 7.27. The van der Waals surface area contributed by atoms with Crippen LogP contribution in [-0.4, -0.2) is 28.5 Å². The maximum Gasteiger partial charge on any atom is 0.195 e. The standard InChI is InChI=1S/C16H28N4S/c1-5-13(6-2)20(11-12(3)4)15-14(7-8-17)19-9-10-21-16(19)18-15/h9-10,12-13H,5-8,11,17H2,1-4H3. The topological polar surface area (TPSA) is 46.6 Å². The van der Waals surface area contributed by atoms with E-state index >= 15 is 0 Å². The molecule has 0 aliphatic carbocycles. The van der Waals surface area contributed by atoms with Crippen LogP contribution in [-0.2, 0) is 6.42 Å². The van der Waals surface area contributed by atoms with Crippen LogP contribution in [0.2, 0.25) is 0 Å². The first-order valence-electron chi connectivity index (χ1n) is 8.03. The Kier molecular flexibility index (Phi) is 5.65. The van der Waals surface area contributed by atoms with E-state index in [4.69, 9.17) is 10.7 Å². The molecule has 0 saturated heterocycles. The highest BCUT2D eigenvalue weighted by atomic mass is 32.1. The summed E-state index contributed by atoms with van der Waals surface area (Å²) in [5.41, 5.74) is 7.10. The van der Waals surface area contributed by atoms with E-state index < -0.39 is 0 Å². The number of aromatic nitrogens is 2. The molecule has 0 amide bonds. The zero-order valence-corrected chi connectivity index (χ0v) is 14.5. The molecule has 0 aromatic carbocycles. The lowest BCUT2D eigenvalue weighted by Gasteiger charge is -2.33. The molecular weight excluding hydrogens is 280 g/mol. The number of hydrogen-bond acceptors (Lipinski definition) is 4. The molecule has 0 aliphatic heterocycles. The van der Waals surface area contributed by atoms with Gasteiger partial charge in [0.2, 0.25) is 0 Å². The second-order valence-corrected chi connectivity index (χ2v) is 6.87. The van der Waals surface area contributed by atoms with Gasteiger partial charge in [0.1, 0.15) is 0 Å². The zero-order valence-electron chi connectivity index (χ0n) is 13.7. The fraction of sp³-hybridized carbons (Fsp3) is 0.688. The SMILES string of the molecule is CCC(CC)N(CC(C)C)c1nc2sccn2c1CCN. The minimum atomic E-state index is 0.550. The molecule has 118 valence electrons. The van der Waals surface area contributed by atoms with E-state index in [0.717, 1.165) is 36.6 Å². The normalized spacial score (nSPS) is 12.0. The summed E-state index contributed by atoms with van der Waals surface area (Å²) in [7, 11) is 0. The lowest BCUT2D eigenvalue weighted by Crippen LogP contribution is -2.38. The monoisotopic (exact) mass is 308 g/mol. The first-order chi connectivity index (χ1) is 10.1. The molecule has 0 saturated carbocycles. The summed E-state index contributed by atoms with van der Waals surface area (Å²) in [6, 6.07) is 0.550. The summed E-state index contributed by atoms with van der Waals surface area (Å²) in [6.07, 6.45) is 5.29. The van der Waals surface area contributed by atoms with Crippen LogP contribution in [0.25, 0.3) is 4.96 Å². The molecule has 0 fully saturated rings. The van der Waals surface area contributed by atoms with Gasteiger partial charge in [0.15, 0.2) is 10.8 Å². The third kappa shape index (κ3) is 3.40. The Labute approximate surface area is 132 Å². The summed E-state index contributed by atoms with van der Waals surface area (Å²) < 4.78 is 2.21. The van der Waals surface area contributed by atoms with E-state index in [9.17, 15) is 0 Å². The molecule has 2 N–H and O–H groups in total. The number of fused-ring (bicyclic) bond motifs is 1. The molecule has 0 unspecified atom stereocenters. The molecule has 2 aromatic heterocycles. The van der Waals surface area contributed by atoms with Crippen molar-refractivity contribution in [2.75, 3.05) is 18.0 Å². The average molecular weight is 308 g/mol. The summed E-state index contributed by atoms with van der Waals surface area (Å²) in [4.78, 5) is 8.50. The number of thiazole rings is 1. The first kappa shape index (κ1) is 16.3. The number of hydrogen-bond donors (Lipinski definition) is 1. The molecule has 0 radical (unpaired) electrons. The minimum absolute atomic E-state index is 0.550. The fourth-order valence-electron chi connectivity index (χ4n) is 2.95. The maximum absolute atomic E-state index is 5.83. The maximum atomic E-state index is 5.83. The average Bonchev–Trinajstić information content (AvgIpc) is 3.01. The Morgan fingerprint density at radius 3 is 2.62 bits per heavy atom. The van der Waals surface area contributed by atoms with E-state index in [2.05, 4.69) is 48.6 Å². The third-order valence-corrected chi connectivity index (χ3v) is 4.69. The molecule has 0 atom stereocenters. The van der Waals surface area contributed by atoms with Gasteiger partial charge < -0.3 is 10.6 Å². The Balaban J connectivity index is 2.46. The van der Waals surface area contributed by atoms with Gasteiger partial charge in [-0.25, -0.2) is 4.98 Å². The van der Waals surface area contributed by atoms with E-state index in [-0.39, 0.29) is 0 Å². The van der Waals surface area contributed by atoms with Gasteiger partial charge in [-0.15, -0.1) is 11.3 Å². The highest BCUT2D eigenvalue weighted by Crippen LogP contribution is 2.28. The summed E-state index contributed by atoms with van der Waals surface area (Å²) in [5.74, 6) is 1.77. The predicted molar refractivity (Wildman–Crippen MR) is 92.4 cm³/mol. The number of nitrogens with zero attached hydrogens (tertiary/aromatic N) is 3. The smallest absolute Gasteiger partial charge is 0.195 e. The lowest BCUT2D eigenvalue weighted by molar-refractivity contribution is 0.502. The van der Waals surface area contributed by atoms with Crippen LogP contribution in [0.15, 0.2) is 11.6 Å². The summed E-state index contributed by atoms with van der Waals surface area (Å²) in [5, 5.41) is 2.09. The van der Waals surface area contributed by atoms with Gasteiger partial charge >= 0.3 is 0 Å². The molecule has 21 heavy (non-hydrogen) atoms. The van der Waals surface area contributed by atoms with Gasteiger partial charge in [0, 0.05) is 30.6 Å². The van der Waals surface area contributed by atoms with Crippen molar-refractivity contribution in [1.82, 2.24) is 9.38 Å². The van der Waals surface area contributed by atoms with E-state index in [0.29, 0.717) is 18.5 Å². The predicted octanol–water partition coefficient (Wildman–Crippen LogP) is 3.55. The van der Waals surface area contributed by atoms with Gasteiger partial charge in [0.25, 0.3) is 0 Å². The molecule has 2 heterocycles. The van der Waals surface area contributed by atoms with Gasteiger partial charge in [0.05, 0.1) is 5.69 Å². The van der Waals surface area contributed by atoms with Crippen molar-refractivity contribution in [3.8, 4) is 0 Å². The van der Waals surface area contributed by atoms with Gasteiger partial charge in [-0.3, -0.25) is 4.40 Å².